The molecular weight excluding hydrogens is 294 g/mol. The molecule has 0 spiro atoms. The molecular formula is C17H17N3O3. The summed E-state index contributed by atoms with van der Waals surface area (Å²) < 4.78 is 5.10. The van der Waals surface area contributed by atoms with Gasteiger partial charge in [-0.05, 0) is 23.3 Å². The van der Waals surface area contributed by atoms with Crippen LogP contribution in [0.15, 0.2) is 58.9 Å². The third-order valence-corrected chi connectivity index (χ3v) is 3.13. The maximum Gasteiger partial charge on any atom is 0.263 e. The molecule has 0 saturated carbocycles. The van der Waals surface area contributed by atoms with Gasteiger partial charge in [0.25, 0.3) is 5.91 Å². The normalized spacial score (nSPS) is 10.9. The van der Waals surface area contributed by atoms with Gasteiger partial charge in [-0.3, -0.25) is 4.79 Å². The number of hydrogen-bond donors (Lipinski definition) is 3. The van der Waals surface area contributed by atoms with Gasteiger partial charge in [0.1, 0.15) is 17.4 Å². The lowest BCUT2D eigenvalue weighted by atomic mass is 10.1. The van der Waals surface area contributed by atoms with Gasteiger partial charge in [0.2, 0.25) is 0 Å². The molecule has 1 heterocycles. The summed E-state index contributed by atoms with van der Waals surface area (Å²) in [5, 5.41) is 23.6. The Hall–Kier alpha value is -3.04. The summed E-state index contributed by atoms with van der Waals surface area (Å²) in [6.07, 6.45) is 2.91. The number of aliphatic hydroxyl groups excluding tert-OH is 1. The van der Waals surface area contributed by atoms with Gasteiger partial charge in [-0.15, -0.1) is 0 Å². The van der Waals surface area contributed by atoms with Crippen LogP contribution in [0.4, 0.5) is 0 Å². The second-order valence-electron chi connectivity index (χ2n) is 4.79. The number of nitrogens with zero attached hydrogens (tertiary/aromatic N) is 1. The summed E-state index contributed by atoms with van der Waals surface area (Å²) in [7, 11) is 0. The molecule has 0 radical (unpaired) electrons. The quantitative estimate of drug-likeness (QED) is 0.533. The molecule has 118 valence electrons. The van der Waals surface area contributed by atoms with E-state index in [0.717, 1.165) is 11.1 Å². The standard InChI is InChI=1S/C17H17N3O3/c18-8-15(17(22)20-11-16-2-1-7-23-16)10-19-9-13-3-5-14(12-21)6-4-13/h1-7,10,19,21H,9,11-12H2,(H,20,22)/b15-10-. The molecule has 0 aliphatic rings. The summed E-state index contributed by atoms with van der Waals surface area (Å²) in [5.41, 5.74) is 1.80. The van der Waals surface area contributed by atoms with Gasteiger partial charge in [0, 0.05) is 12.7 Å². The van der Waals surface area contributed by atoms with Crippen molar-refractivity contribution in [3.05, 3.63) is 71.3 Å². The van der Waals surface area contributed by atoms with E-state index in [9.17, 15) is 4.79 Å². The first-order valence-electron chi connectivity index (χ1n) is 7.06. The number of hydrogen-bond acceptors (Lipinski definition) is 5. The third-order valence-electron chi connectivity index (χ3n) is 3.13. The van der Waals surface area contributed by atoms with E-state index < -0.39 is 5.91 Å². The third kappa shape index (κ3) is 5.02. The van der Waals surface area contributed by atoms with Crippen molar-refractivity contribution in [2.45, 2.75) is 19.7 Å². The van der Waals surface area contributed by atoms with Crippen molar-refractivity contribution in [3.8, 4) is 6.07 Å². The number of benzene rings is 1. The first-order valence-corrected chi connectivity index (χ1v) is 7.06. The Bertz CT molecular complexity index is 698. The largest absolute Gasteiger partial charge is 0.467 e. The Balaban J connectivity index is 1.85. The average molecular weight is 311 g/mol. The highest BCUT2D eigenvalue weighted by Crippen LogP contribution is 2.04. The fourth-order valence-corrected chi connectivity index (χ4v) is 1.86. The lowest BCUT2D eigenvalue weighted by Crippen LogP contribution is -2.25. The Morgan fingerprint density at radius 2 is 1.96 bits per heavy atom. The lowest BCUT2D eigenvalue weighted by molar-refractivity contribution is -0.117. The summed E-state index contributed by atoms with van der Waals surface area (Å²) in [6.45, 7) is 0.706. The van der Waals surface area contributed by atoms with E-state index in [1.807, 2.05) is 30.3 Å². The van der Waals surface area contributed by atoms with Gasteiger partial charge in [-0.2, -0.15) is 5.26 Å². The van der Waals surface area contributed by atoms with Crippen molar-refractivity contribution in [1.82, 2.24) is 10.6 Å². The van der Waals surface area contributed by atoms with Crippen LogP contribution < -0.4 is 10.6 Å². The summed E-state index contributed by atoms with van der Waals surface area (Å²) in [6, 6.07) is 12.7. The minimum Gasteiger partial charge on any atom is -0.467 e. The van der Waals surface area contributed by atoms with E-state index in [4.69, 9.17) is 14.8 Å². The first kappa shape index (κ1) is 16.3. The number of rotatable bonds is 7. The molecule has 2 rings (SSSR count). The predicted molar refractivity (Wildman–Crippen MR) is 83.5 cm³/mol. The van der Waals surface area contributed by atoms with E-state index in [1.54, 1.807) is 12.1 Å². The number of carbonyl (C=O) groups is 1. The summed E-state index contributed by atoms with van der Waals surface area (Å²) in [5.74, 6) is 0.152. The molecule has 23 heavy (non-hydrogen) atoms. The maximum atomic E-state index is 11.9. The zero-order valence-corrected chi connectivity index (χ0v) is 12.5. The van der Waals surface area contributed by atoms with Gasteiger partial charge >= 0.3 is 0 Å². The Morgan fingerprint density at radius 1 is 1.22 bits per heavy atom. The minimum atomic E-state index is -0.466. The average Bonchev–Trinajstić information content (AvgIpc) is 3.10. The number of furan rings is 1. The molecule has 1 aromatic carbocycles. The van der Waals surface area contributed by atoms with Gasteiger partial charge in [-0.25, -0.2) is 0 Å². The Morgan fingerprint density at radius 3 is 2.57 bits per heavy atom. The highest BCUT2D eigenvalue weighted by atomic mass is 16.3. The van der Waals surface area contributed by atoms with Crippen LogP contribution in [-0.4, -0.2) is 11.0 Å². The number of nitrogens with one attached hydrogen (secondary N) is 2. The molecule has 2 aromatic rings. The molecule has 0 unspecified atom stereocenters. The molecule has 0 aliphatic carbocycles. The molecule has 0 bridgehead atoms. The van der Waals surface area contributed by atoms with E-state index in [-0.39, 0.29) is 18.7 Å². The molecule has 6 heteroatoms. The number of nitriles is 1. The zero-order chi connectivity index (χ0) is 16.5. The molecule has 6 nitrogen and oxygen atoms in total. The maximum absolute atomic E-state index is 11.9. The van der Waals surface area contributed by atoms with Crippen LogP contribution in [0.2, 0.25) is 0 Å². The van der Waals surface area contributed by atoms with E-state index in [1.165, 1.54) is 12.5 Å². The highest BCUT2D eigenvalue weighted by Gasteiger charge is 2.08. The van der Waals surface area contributed by atoms with Crippen molar-refractivity contribution in [3.63, 3.8) is 0 Å². The van der Waals surface area contributed by atoms with E-state index in [0.29, 0.717) is 12.3 Å². The van der Waals surface area contributed by atoms with Crippen molar-refractivity contribution in [1.29, 1.82) is 5.26 Å². The molecule has 0 aliphatic heterocycles. The molecule has 0 atom stereocenters. The molecule has 0 fully saturated rings. The number of carbonyl (C=O) groups excluding carboxylic acids is 1. The van der Waals surface area contributed by atoms with Crippen LogP contribution in [0.25, 0.3) is 0 Å². The second kappa shape index (κ2) is 8.41. The monoisotopic (exact) mass is 311 g/mol. The summed E-state index contributed by atoms with van der Waals surface area (Å²) >= 11 is 0. The first-order chi connectivity index (χ1) is 11.2. The topological polar surface area (TPSA) is 98.3 Å². The number of amides is 1. The van der Waals surface area contributed by atoms with Crippen molar-refractivity contribution in [2.24, 2.45) is 0 Å². The van der Waals surface area contributed by atoms with Gasteiger partial charge in [0.15, 0.2) is 0 Å². The minimum absolute atomic E-state index is 0.00202. The fourth-order valence-electron chi connectivity index (χ4n) is 1.86. The summed E-state index contributed by atoms with van der Waals surface area (Å²) in [4.78, 5) is 11.9. The Kier molecular flexibility index (Phi) is 5.98. The van der Waals surface area contributed by atoms with Crippen LogP contribution in [-0.2, 0) is 24.5 Å². The second-order valence-corrected chi connectivity index (χ2v) is 4.79. The molecule has 0 saturated heterocycles. The van der Waals surface area contributed by atoms with E-state index in [2.05, 4.69) is 10.6 Å². The molecule has 1 aromatic heterocycles. The van der Waals surface area contributed by atoms with Crippen molar-refractivity contribution >= 4 is 5.91 Å². The fraction of sp³-hybridized carbons (Fsp3) is 0.176. The van der Waals surface area contributed by atoms with Crippen LogP contribution in [0.3, 0.4) is 0 Å². The van der Waals surface area contributed by atoms with Crippen molar-refractivity contribution in [2.75, 3.05) is 0 Å². The van der Waals surface area contributed by atoms with Gasteiger partial charge in [0.05, 0.1) is 19.4 Å². The highest BCUT2D eigenvalue weighted by molar-refractivity contribution is 5.97. The SMILES string of the molecule is N#C/C(=C/NCc1ccc(CO)cc1)C(=O)NCc1ccco1. The number of aliphatic hydroxyl groups is 1. The van der Waals surface area contributed by atoms with Crippen LogP contribution >= 0.6 is 0 Å². The molecule has 3 N–H and O–H groups in total. The lowest BCUT2D eigenvalue weighted by Gasteiger charge is -2.05. The van der Waals surface area contributed by atoms with Crippen LogP contribution in [0, 0.1) is 11.3 Å². The smallest absolute Gasteiger partial charge is 0.263 e. The van der Waals surface area contributed by atoms with Gasteiger partial charge in [-0.1, -0.05) is 24.3 Å². The van der Waals surface area contributed by atoms with Crippen LogP contribution in [0.5, 0.6) is 0 Å². The van der Waals surface area contributed by atoms with Gasteiger partial charge < -0.3 is 20.2 Å². The van der Waals surface area contributed by atoms with Crippen LogP contribution in [0.1, 0.15) is 16.9 Å². The van der Waals surface area contributed by atoms with E-state index >= 15 is 0 Å². The Labute approximate surface area is 134 Å². The zero-order valence-electron chi connectivity index (χ0n) is 12.5. The van der Waals surface area contributed by atoms with Crippen molar-refractivity contribution < 1.29 is 14.3 Å². The predicted octanol–water partition coefficient (Wildman–Crippen LogP) is 1.59. The molecule has 1 amide bonds.